The lowest BCUT2D eigenvalue weighted by Crippen LogP contribution is -2.46. The van der Waals surface area contributed by atoms with E-state index in [0.717, 1.165) is 72.4 Å². The van der Waals surface area contributed by atoms with Crippen LogP contribution in [0.4, 0.5) is 0 Å². The Labute approximate surface area is 178 Å². The predicted molar refractivity (Wildman–Crippen MR) is 122 cm³/mol. The molecule has 5 nitrogen and oxygen atoms in total. The van der Waals surface area contributed by atoms with Gasteiger partial charge in [0.2, 0.25) is 0 Å². The number of carbonyl (C=O) groups excluding carboxylic acids is 1. The Morgan fingerprint density at radius 1 is 1.07 bits per heavy atom. The number of carbonyl (C=O) groups is 1. The summed E-state index contributed by atoms with van der Waals surface area (Å²) in [5.74, 6) is 0.100. The zero-order chi connectivity index (χ0) is 21.1. The quantitative estimate of drug-likeness (QED) is 0.628. The average molecular weight is 403 g/mol. The van der Waals surface area contributed by atoms with Gasteiger partial charge in [-0.1, -0.05) is 31.5 Å². The maximum atomic E-state index is 13.6. The minimum absolute atomic E-state index is 0.100. The smallest absolute Gasteiger partial charge is 0.254 e. The van der Waals surface area contributed by atoms with E-state index in [1.807, 2.05) is 41.3 Å². The minimum Gasteiger partial charge on any atom is -0.339 e. The van der Waals surface area contributed by atoms with Crippen LogP contribution in [0.2, 0.25) is 0 Å². The number of hydrogen-bond donors (Lipinski definition) is 0. The van der Waals surface area contributed by atoms with Crippen LogP contribution in [0.5, 0.6) is 0 Å². The highest BCUT2D eigenvalue weighted by molar-refractivity contribution is 6.07. The van der Waals surface area contributed by atoms with Crippen LogP contribution in [0, 0.1) is 6.92 Å². The third kappa shape index (κ3) is 4.08. The van der Waals surface area contributed by atoms with Crippen LogP contribution >= 0.6 is 0 Å². The summed E-state index contributed by atoms with van der Waals surface area (Å²) in [6, 6.07) is 14.4. The maximum Gasteiger partial charge on any atom is 0.254 e. The van der Waals surface area contributed by atoms with E-state index < -0.39 is 0 Å². The topological polar surface area (TPSA) is 49.3 Å². The second-order valence-electron chi connectivity index (χ2n) is 8.04. The Morgan fingerprint density at radius 2 is 1.83 bits per heavy atom. The Bertz CT molecular complexity index is 1020. The van der Waals surface area contributed by atoms with Gasteiger partial charge in [0.25, 0.3) is 5.91 Å². The Kier molecular flexibility index (Phi) is 6.09. The van der Waals surface area contributed by atoms with Crippen LogP contribution in [0.3, 0.4) is 0 Å². The van der Waals surface area contributed by atoms with Gasteiger partial charge in [-0.3, -0.25) is 9.78 Å². The van der Waals surface area contributed by atoms with E-state index in [0.29, 0.717) is 6.04 Å². The van der Waals surface area contributed by atoms with Crippen molar-refractivity contribution in [3.8, 4) is 11.4 Å². The van der Waals surface area contributed by atoms with Crippen LogP contribution in [0.25, 0.3) is 22.3 Å². The van der Waals surface area contributed by atoms with Crippen LogP contribution in [-0.4, -0.2) is 57.9 Å². The molecule has 0 aliphatic carbocycles. The summed E-state index contributed by atoms with van der Waals surface area (Å²) < 4.78 is 0. The molecule has 0 atom stereocenters. The van der Waals surface area contributed by atoms with Crippen molar-refractivity contribution < 1.29 is 4.79 Å². The first-order valence-electron chi connectivity index (χ1n) is 11.0. The molecule has 2 aromatic heterocycles. The fourth-order valence-corrected chi connectivity index (χ4v) is 4.51. The molecule has 4 rings (SSSR count). The monoisotopic (exact) mass is 402 g/mol. The number of aryl methyl sites for hydroxylation is 1. The lowest BCUT2D eigenvalue weighted by molar-refractivity contribution is 0.0633. The highest BCUT2D eigenvalue weighted by Gasteiger charge is 2.27. The molecule has 1 aliphatic rings. The molecule has 3 aromatic rings. The lowest BCUT2D eigenvalue weighted by atomic mass is 9.99. The minimum atomic E-state index is 0.100. The summed E-state index contributed by atoms with van der Waals surface area (Å²) in [4.78, 5) is 27.3. The second-order valence-corrected chi connectivity index (χ2v) is 8.04. The Balaban J connectivity index is 1.67. The number of benzene rings is 1. The molecule has 5 heteroatoms. The van der Waals surface area contributed by atoms with Crippen molar-refractivity contribution in [2.45, 2.75) is 39.7 Å². The van der Waals surface area contributed by atoms with E-state index in [4.69, 9.17) is 4.98 Å². The van der Waals surface area contributed by atoms with Gasteiger partial charge in [0.15, 0.2) is 0 Å². The molecule has 1 saturated heterocycles. The number of fused-ring (bicyclic) bond motifs is 1. The molecule has 0 radical (unpaired) electrons. The predicted octanol–water partition coefficient (Wildman–Crippen LogP) is 4.55. The number of aromatic nitrogens is 2. The lowest BCUT2D eigenvalue weighted by Gasteiger charge is -2.37. The number of pyridine rings is 2. The molecule has 0 saturated carbocycles. The molecule has 0 unspecified atom stereocenters. The van der Waals surface area contributed by atoms with E-state index >= 15 is 0 Å². The molecule has 3 heterocycles. The first-order chi connectivity index (χ1) is 14.6. The third-order valence-electron chi connectivity index (χ3n) is 6.20. The zero-order valence-electron chi connectivity index (χ0n) is 18.1. The molecule has 1 aliphatic heterocycles. The summed E-state index contributed by atoms with van der Waals surface area (Å²) in [5, 5.41) is 0.922. The normalized spacial score (nSPS) is 15.1. The third-order valence-corrected chi connectivity index (χ3v) is 6.20. The van der Waals surface area contributed by atoms with E-state index in [-0.39, 0.29) is 5.91 Å². The van der Waals surface area contributed by atoms with Gasteiger partial charge in [-0.25, -0.2) is 4.98 Å². The first-order valence-corrected chi connectivity index (χ1v) is 11.0. The molecule has 0 N–H and O–H groups in total. The van der Waals surface area contributed by atoms with Crippen LogP contribution in [0.15, 0.2) is 48.7 Å². The van der Waals surface area contributed by atoms with Crippen LogP contribution in [0.1, 0.15) is 42.6 Å². The number of rotatable bonds is 5. The van der Waals surface area contributed by atoms with Gasteiger partial charge >= 0.3 is 0 Å². The number of amides is 1. The Morgan fingerprint density at radius 3 is 2.50 bits per heavy atom. The van der Waals surface area contributed by atoms with E-state index in [2.05, 4.69) is 36.7 Å². The standard InChI is InChI=1S/C25H30N4O/c1-4-28(5-2)19-11-14-29(15-12-19)25(30)21-17-24(23-8-6-7-13-26-23)27-22-10-9-18(3)16-20(21)22/h6-10,13,16-17,19H,4-5,11-12,14-15H2,1-3H3. The Hall–Kier alpha value is -2.79. The zero-order valence-corrected chi connectivity index (χ0v) is 18.1. The van der Waals surface area contributed by atoms with Gasteiger partial charge in [-0.15, -0.1) is 0 Å². The van der Waals surface area contributed by atoms with Crippen molar-refractivity contribution in [1.29, 1.82) is 0 Å². The van der Waals surface area contributed by atoms with Crippen molar-refractivity contribution in [2.75, 3.05) is 26.2 Å². The summed E-state index contributed by atoms with van der Waals surface area (Å²) in [6.07, 6.45) is 3.82. The number of piperidine rings is 1. The summed E-state index contributed by atoms with van der Waals surface area (Å²) >= 11 is 0. The molecule has 0 bridgehead atoms. The SMILES string of the molecule is CCN(CC)C1CCN(C(=O)c2cc(-c3ccccn3)nc3ccc(C)cc23)CC1. The molecule has 1 fully saturated rings. The van der Waals surface area contributed by atoms with Crippen molar-refractivity contribution in [3.63, 3.8) is 0 Å². The fraction of sp³-hybridized carbons (Fsp3) is 0.400. The fourth-order valence-electron chi connectivity index (χ4n) is 4.51. The van der Waals surface area contributed by atoms with Crippen molar-refractivity contribution in [3.05, 3.63) is 59.8 Å². The maximum absolute atomic E-state index is 13.6. The van der Waals surface area contributed by atoms with Gasteiger partial charge in [-0.05, 0) is 63.2 Å². The van der Waals surface area contributed by atoms with Crippen LogP contribution in [-0.2, 0) is 0 Å². The van der Waals surface area contributed by atoms with Gasteiger partial charge in [0, 0.05) is 30.7 Å². The summed E-state index contributed by atoms with van der Waals surface area (Å²) in [5.41, 5.74) is 4.22. The van der Waals surface area contributed by atoms with Gasteiger partial charge in [-0.2, -0.15) is 0 Å². The highest BCUT2D eigenvalue weighted by Crippen LogP contribution is 2.27. The van der Waals surface area contributed by atoms with E-state index in [9.17, 15) is 4.79 Å². The van der Waals surface area contributed by atoms with Crippen molar-refractivity contribution in [2.24, 2.45) is 0 Å². The van der Waals surface area contributed by atoms with Crippen molar-refractivity contribution in [1.82, 2.24) is 19.8 Å². The molecule has 156 valence electrons. The average Bonchev–Trinajstić information content (AvgIpc) is 2.80. The van der Waals surface area contributed by atoms with Crippen LogP contribution < -0.4 is 0 Å². The molecule has 1 aromatic carbocycles. The number of likely N-dealkylation sites (tertiary alicyclic amines) is 1. The molecule has 30 heavy (non-hydrogen) atoms. The number of nitrogens with zero attached hydrogens (tertiary/aromatic N) is 4. The summed E-state index contributed by atoms with van der Waals surface area (Å²) in [6.45, 7) is 10.2. The first kappa shape index (κ1) is 20.5. The largest absolute Gasteiger partial charge is 0.339 e. The molecular weight excluding hydrogens is 372 g/mol. The van der Waals surface area contributed by atoms with Gasteiger partial charge in [0.1, 0.15) is 0 Å². The number of hydrogen-bond acceptors (Lipinski definition) is 4. The van der Waals surface area contributed by atoms with E-state index in [1.165, 1.54) is 0 Å². The van der Waals surface area contributed by atoms with Gasteiger partial charge in [0.05, 0.1) is 22.5 Å². The highest BCUT2D eigenvalue weighted by atomic mass is 16.2. The molecule has 0 spiro atoms. The van der Waals surface area contributed by atoms with Crippen molar-refractivity contribution >= 4 is 16.8 Å². The summed E-state index contributed by atoms with van der Waals surface area (Å²) in [7, 11) is 0. The second kappa shape index (κ2) is 8.92. The van der Waals surface area contributed by atoms with Gasteiger partial charge < -0.3 is 9.80 Å². The molecular formula is C25H30N4O. The van der Waals surface area contributed by atoms with E-state index in [1.54, 1.807) is 6.20 Å². The molecule has 1 amide bonds.